The van der Waals surface area contributed by atoms with E-state index < -0.39 is 46.4 Å². The van der Waals surface area contributed by atoms with Gasteiger partial charge in [0, 0.05) is 37.8 Å². The van der Waals surface area contributed by atoms with Gasteiger partial charge in [-0.3, -0.25) is 9.69 Å². The number of fused-ring (bicyclic) bond motifs is 1. The number of Topliss-reactive ketones (excluding diaryl/α,β-unsaturated/α-hetero) is 1. The Morgan fingerprint density at radius 3 is 2.61 bits per heavy atom. The third-order valence-corrected chi connectivity index (χ3v) is 8.74. The monoisotopic (exact) mass is 640 g/mol. The van der Waals surface area contributed by atoms with Gasteiger partial charge in [-0.05, 0) is 63.6 Å². The molecule has 2 N–H and O–H groups in total. The van der Waals surface area contributed by atoms with Crippen LogP contribution in [-0.2, 0) is 9.53 Å². The smallest absolute Gasteiger partial charge is 0.414 e. The summed E-state index contributed by atoms with van der Waals surface area (Å²) in [6.07, 6.45) is 3.30. The maximum absolute atomic E-state index is 15.4. The summed E-state index contributed by atoms with van der Waals surface area (Å²) >= 11 is 0. The third-order valence-electron chi connectivity index (χ3n) is 8.74. The average molecular weight is 641 g/mol. The molecule has 1 unspecified atom stereocenters. The fourth-order valence-electron chi connectivity index (χ4n) is 6.01. The number of amides is 1. The second kappa shape index (κ2) is 12.3. The Morgan fingerprint density at radius 1 is 1.13 bits per heavy atom. The van der Waals surface area contributed by atoms with Crippen LogP contribution in [0.15, 0.2) is 35.3 Å². The summed E-state index contributed by atoms with van der Waals surface area (Å²) in [5, 5.41) is 20.7. The molecule has 1 aliphatic carbocycles. The van der Waals surface area contributed by atoms with Gasteiger partial charge in [0.1, 0.15) is 35.3 Å². The number of aliphatic hydroxyl groups is 1. The first-order valence-corrected chi connectivity index (χ1v) is 15.3. The Bertz CT molecular complexity index is 1780. The average Bonchev–Trinajstić information content (AvgIpc) is 3.81. The number of hydrogen-bond acceptors (Lipinski definition) is 9. The molecule has 1 saturated carbocycles. The van der Waals surface area contributed by atoms with E-state index in [-0.39, 0.29) is 79.1 Å². The lowest BCUT2D eigenvalue weighted by Crippen LogP contribution is -2.37. The Hall–Kier alpha value is -4.59. The predicted octanol–water partition coefficient (Wildman–Crippen LogP) is 4.20. The molecule has 244 valence electrons. The van der Waals surface area contributed by atoms with Crippen molar-refractivity contribution in [2.75, 3.05) is 36.0 Å². The summed E-state index contributed by atoms with van der Waals surface area (Å²) < 4.78 is 43.0. The summed E-state index contributed by atoms with van der Waals surface area (Å²) in [4.78, 5) is 55.5. The molecule has 3 aliphatic rings. The maximum atomic E-state index is 15.4. The number of carbonyl (C=O) groups excluding carboxylic acids is 2. The molecule has 12 nitrogen and oxygen atoms in total. The largest absolute Gasteiger partial charge is 0.488 e. The number of anilines is 2. The van der Waals surface area contributed by atoms with Gasteiger partial charge in [0.2, 0.25) is 5.43 Å². The zero-order chi connectivity index (χ0) is 32.7. The molecule has 6 rings (SSSR count). The van der Waals surface area contributed by atoms with E-state index in [9.17, 15) is 29.4 Å². The van der Waals surface area contributed by atoms with Crippen molar-refractivity contribution >= 4 is 40.4 Å². The van der Waals surface area contributed by atoms with Crippen molar-refractivity contribution in [1.82, 2.24) is 9.55 Å². The van der Waals surface area contributed by atoms with Crippen LogP contribution in [0.4, 0.5) is 25.1 Å². The quantitative estimate of drug-likeness (QED) is 0.330. The van der Waals surface area contributed by atoms with Crippen LogP contribution < -0.4 is 20.0 Å². The molecule has 46 heavy (non-hydrogen) atoms. The van der Waals surface area contributed by atoms with Gasteiger partial charge in [0.05, 0.1) is 17.6 Å². The van der Waals surface area contributed by atoms with Crippen LogP contribution in [0.2, 0.25) is 0 Å². The van der Waals surface area contributed by atoms with Crippen molar-refractivity contribution in [3.63, 3.8) is 0 Å². The molecule has 4 heterocycles. The van der Waals surface area contributed by atoms with Crippen LogP contribution in [-0.4, -0.2) is 75.6 Å². The number of cyclic esters (lactones) is 1. The number of halogens is 2. The molecule has 2 aliphatic heterocycles. The molecule has 0 radical (unpaired) electrons. The lowest BCUT2D eigenvalue weighted by molar-refractivity contribution is -0.117. The second-order valence-electron chi connectivity index (χ2n) is 12.3. The van der Waals surface area contributed by atoms with E-state index in [2.05, 4.69) is 4.98 Å². The van der Waals surface area contributed by atoms with Crippen molar-refractivity contribution in [3.05, 3.63) is 57.9 Å². The molecular formula is C32H34F2N4O8. The maximum Gasteiger partial charge on any atom is 0.414 e. The number of carboxylic acids is 1. The second-order valence-corrected chi connectivity index (χ2v) is 12.3. The minimum absolute atomic E-state index is 0.000138. The molecule has 1 amide bonds. The predicted molar refractivity (Wildman–Crippen MR) is 162 cm³/mol. The Balaban J connectivity index is 1.13. The number of ether oxygens (including phenoxy) is 2. The van der Waals surface area contributed by atoms with E-state index in [1.165, 1.54) is 30.2 Å². The van der Waals surface area contributed by atoms with Gasteiger partial charge >= 0.3 is 12.1 Å². The lowest BCUT2D eigenvalue weighted by atomic mass is 9.96. The van der Waals surface area contributed by atoms with Crippen LogP contribution in [0.5, 0.6) is 5.75 Å². The number of benzene rings is 1. The molecular weight excluding hydrogens is 606 g/mol. The van der Waals surface area contributed by atoms with Gasteiger partial charge in [-0.2, -0.15) is 0 Å². The molecule has 0 bridgehead atoms. The first kappa shape index (κ1) is 31.4. The van der Waals surface area contributed by atoms with Crippen LogP contribution in [0.3, 0.4) is 0 Å². The Labute approximate surface area is 262 Å². The zero-order valence-corrected chi connectivity index (χ0v) is 25.2. The minimum Gasteiger partial charge on any atom is -0.488 e. The van der Waals surface area contributed by atoms with Gasteiger partial charge in [0.15, 0.2) is 23.2 Å². The number of hydrogen-bond donors (Lipinski definition) is 2. The normalized spacial score (nSPS) is 21.7. The number of aromatic carboxylic acids is 1. The van der Waals surface area contributed by atoms with Gasteiger partial charge in [-0.25, -0.2) is 23.4 Å². The number of ketones is 1. The van der Waals surface area contributed by atoms with Crippen molar-refractivity contribution in [3.8, 4) is 5.75 Å². The highest BCUT2D eigenvalue weighted by Crippen LogP contribution is 2.38. The molecule has 2 atom stereocenters. The minimum atomic E-state index is -1.39. The van der Waals surface area contributed by atoms with Crippen LogP contribution in [0.1, 0.15) is 68.3 Å². The fraction of sp³-hybridized carbons (Fsp3) is 0.469. The highest BCUT2D eigenvalue weighted by atomic mass is 19.1. The molecule has 14 heteroatoms. The standard InChI is InChI=1S/C32H34F2N4O8/c1-18(39)3-7-21-15-38(31(43)46-21)20-6-8-26(24(33)13-20)45-17-32(44)9-2-11-36(12-10-32)29-25(34)14-22-27(40)23(30(41)42)16-37(19-4-5-19)28(22)35-29/h6,8,13-14,16,19,21,44H,2-5,7,9-12,15,17H2,1H3,(H,41,42)/t21-,32?/m0/s1. The lowest BCUT2D eigenvalue weighted by Gasteiger charge is -2.27. The fourth-order valence-corrected chi connectivity index (χ4v) is 6.01. The van der Waals surface area contributed by atoms with E-state index in [1.807, 2.05) is 0 Å². The van der Waals surface area contributed by atoms with E-state index >= 15 is 8.78 Å². The number of carbonyl (C=O) groups is 3. The third kappa shape index (κ3) is 6.39. The number of carboxylic acid groups (broad SMARTS) is 1. The Morgan fingerprint density at radius 2 is 1.91 bits per heavy atom. The van der Waals surface area contributed by atoms with E-state index in [1.54, 1.807) is 9.47 Å². The molecule has 1 aromatic carbocycles. The van der Waals surface area contributed by atoms with Crippen molar-refractivity contribution in [1.29, 1.82) is 0 Å². The summed E-state index contributed by atoms with van der Waals surface area (Å²) in [6.45, 7) is 1.96. The molecule has 0 spiro atoms. The van der Waals surface area contributed by atoms with Crippen molar-refractivity contribution in [2.24, 2.45) is 0 Å². The molecule has 2 aromatic heterocycles. The van der Waals surface area contributed by atoms with E-state index in [0.717, 1.165) is 25.0 Å². The number of rotatable bonds is 10. The van der Waals surface area contributed by atoms with Crippen LogP contribution in [0, 0.1) is 11.6 Å². The van der Waals surface area contributed by atoms with E-state index in [0.29, 0.717) is 19.4 Å². The number of pyridine rings is 2. The zero-order valence-electron chi connectivity index (χ0n) is 25.2. The van der Waals surface area contributed by atoms with Gasteiger partial charge in [-0.15, -0.1) is 0 Å². The molecule has 3 aromatic rings. The van der Waals surface area contributed by atoms with Crippen LogP contribution >= 0.6 is 0 Å². The van der Waals surface area contributed by atoms with Crippen molar-refractivity contribution in [2.45, 2.75) is 69.6 Å². The summed E-state index contributed by atoms with van der Waals surface area (Å²) in [7, 11) is 0. The van der Waals surface area contributed by atoms with Gasteiger partial charge in [0.25, 0.3) is 0 Å². The Kier molecular flexibility index (Phi) is 8.40. The highest BCUT2D eigenvalue weighted by molar-refractivity contribution is 5.92. The van der Waals surface area contributed by atoms with Gasteiger partial charge < -0.3 is 33.9 Å². The van der Waals surface area contributed by atoms with Crippen molar-refractivity contribution < 1.29 is 42.9 Å². The molecule has 3 fully saturated rings. The SMILES string of the molecule is CC(=O)CC[C@H]1CN(c2ccc(OCC3(O)CCCN(c4nc5c(cc4F)c(=O)c(C(=O)O)cn5C4CC4)CC3)c(F)c2)C(=O)O1. The van der Waals surface area contributed by atoms with Crippen LogP contribution in [0.25, 0.3) is 11.0 Å². The molecule has 2 saturated heterocycles. The number of nitrogens with zero attached hydrogens (tertiary/aromatic N) is 4. The summed E-state index contributed by atoms with van der Waals surface area (Å²) in [5.41, 5.74) is -2.10. The summed E-state index contributed by atoms with van der Waals surface area (Å²) in [5.74, 6) is -3.01. The van der Waals surface area contributed by atoms with Gasteiger partial charge in [-0.1, -0.05) is 0 Å². The first-order valence-electron chi connectivity index (χ1n) is 15.3. The first-order chi connectivity index (χ1) is 21.9. The highest BCUT2D eigenvalue weighted by Gasteiger charge is 2.35. The summed E-state index contributed by atoms with van der Waals surface area (Å²) in [6, 6.07) is 5.05. The number of aromatic nitrogens is 2. The van der Waals surface area contributed by atoms with E-state index in [4.69, 9.17) is 9.47 Å². The topological polar surface area (TPSA) is 151 Å².